The maximum absolute atomic E-state index is 9.18. The Balaban J connectivity index is 2.31. The zero-order valence-corrected chi connectivity index (χ0v) is 11.3. The van der Waals surface area contributed by atoms with Crippen LogP contribution in [0.15, 0.2) is 30.3 Å². The molecule has 0 amide bonds. The van der Waals surface area contributed by atoms with E-state index in [-0.39, 0.29) is 0 Å². The summed E-state index contributed by atoms with van der Waals surface area (Å²) in [5.41, 5.74) is 2.83. The van der Waals surface area contributed by atoms with E-state index in [1.807, 2.05) is 19.1 Å². The molecule has 0 N–H and O–H groups in total. The minimum absolute atomic E-state index is 0.372. The highest BCUT2D eigenvalue weighted by molar-refractivity contribution is 5.48. The fourth-order valence-electron chi connectivity index (χ4n) is 1.90. The van der Waals surface area contributed by atoms with Gasteiger partial charge >= 0.3 is 0 Å². The number of nitriles is 2. The second-order valence-corrected chi connectivity index (χ2v) is 4.41. The van der Waals surface area contributed by atoms with Crippen molar-refractivity contribution in [2.75, 3.05) is 0 Å². The lowest BCUT2D eigenvalue weighted by Crippen LogP contribution is -1.96. The summed E-state index contributed by atoms with van der Waals surface area (Å²) in [6.07, 6.45) is 0.372. The number of nitrogens with zero attached hydrogens (tertiary/aromatic N) is 3. The number of ether oxygens (including phenoxy) is 1. The Labute approximate surface area is 117 Å². The molecule has 0 atom stereocenters. The Hall–Kier alpha value is -2.85. The molecule has 2 aromatic rings. The van der Waals surface area contributed by atoms with Crippen LogP contribution in [0.3, 0.4) is 0 Å². The predicted molar refractivity (Wildman–Crippen MR) is 74.3 cm³/mol. The number of hydrogen-bond acceptors (Lipinski definition) is 4. The molecule has 0 unspecified atom stereocenters. The highest BCUT2D eigenvalue weighted by atomic mass is 16.5. The molecule has 0 aliphatic heterocycles. The summed E-state index contributed by atoms with van der Waals surface area (Å²) < 4.78 is 5.75. The van der Waals surface area contributed by atoms with Gasteiger partial charge < -0.3 is 4.74 Å². The fraction of sp³-hybridized carbons (Fsp3) is 0.188. The quantitative estimate of drug-likeness (QED) is 0.850. The zero-order valence-electron chi connectivity index (χ0n) is 11.3. The number of hydrogen-bond donors (Lipinski definition) is 0. The van der Waals surface area contributed by atoms with Crippen molar-refractivity contribution in [3.63, 3.8) is 0 Å². The standard InChI is InChI=1S/C16H13N3O/c1-11-9-16(15(10-18)12(2)19-11)20-14-5-3-13(4-6-14)7-8-17/h3-6,9H,7H2,1-2H3. The summed E-state index contributed by atoms with van der Waals surface area (Å²) >= 11 is 0. The van der Waals surface area contributed by atoms with Gasteiger partial charge in [-0.2, -0.15) is 10.5 Å². The first kappa shape index (κ1) is 13.6. The summed E-state index contributed by atoms with van der Waals surface area (Å²) in [5, 5.41) is 17.8. The molecular weight excluding hydrogens is 250 g/mol. The lowest BCUT2D eigenvalue weighted by Gasteiger charge is -2.10. The minimum atomic E-state index is 0.372. The molecule has 0 aliphatic carbocycles. The van der Waals surface area contributed by atoms with Gasteiger partial charge in [0.1, 0.15) is 23.1 Å². The van der Waals surface area contributed by atoms with Crippen LogP contribution >= 0.6 is 0 Å². The summed E-state index contributed by atoms with van der Waals surface area (Å²) in [6, 6.07) is 13.2. The van der Waals surface area contributed by atoms with E-state index in [1.54, 1.807) is 25.1 Å². The molecule has 0 fully saturated rings. The van der Waals surface area contributed by atoms with E-state index in [1.165, 1.54) is 0 Å². The van der Waals surface area contributed by atoms with Crippen LogP contribution in [0.2, 0.25) is 0 Å². The molecule has 98 valence electrons. The van der Waals surface area contributed by atoms with Gasteiger partial charge in [-0.15, -0.1) is 0 Å². The van der Waals surface area contributed by atoms with Crippen molar-refractivity contribution in [2.24, 2.45) is 0 Å². The number of benzene rings is 1. The van der Waals surface area contributed by atoms with E-state index >= 15 is 0 Å². The van der Waals surface area contributed by atoms with Crippen LogP contribution in [0.1, 0.15) is 22.5 Å². The third kappa shape index (κ3) is 2.93. The molecule has 0 bridgehead atoms. The zero-order chi connectivity index (χ0) is 14.5. The van der Waals surface area contributed by atoms with E-state index in [0.29, 0.717) is 29.2 Å². The molecule has 0 saturated heterocycles. The number of pyridine rings is 1. The molecule has 0 aliphatic rings. The van der Waals surface area contributed by atoms with Gasteiger partial charge in [0.15, 0.2) is 0 Å². The molecular formula is C16H13N3O. The largest absolute Gasteiger partial charge is 0.456 e. The van der Waals surface area contributed by atoms with Crippen molar-refractivity contribution in [1.29, 1.82) is 10.5 Å². The third-order valence-electron chi connectivity index (χ3n) is 2.84. The highest BCUT2D eigenvalue weighted by Crippen LogP contribution is 2.27. The van der Waals surface area contributed by atoms with Gasteiger partial charge in [0.05, 0.1) is 18.2 Å². The molecule has 1 heterocycles. The van der Waals surface area contributed by atoms with Crippen LogP contribution in [-0.4, -0.2) is 4.98 Å². The Morgan fingerprint density at radius 3 is 2.45 bits per heavy atom. The van der Waals surface area contributed by atoms with Crippen LogP contribution in [0.5, 0.6) is 11.5 Å². The van der Waals surface area contributed by atoms with Gasteiger partial charge in [0.2, 0.25) is 0 Å². The van der Waals surface area contributed by atoms with Gasteiger partial charge in [-0.3, -0.25) is 4.98 Å². The molecule has 0 saturated carbocycles. The first-order valence-electron chi connectivity index (χ1n) is 6.16. The molecule has 4 heteroatoms. The highest BCUT2D eigenvalue weighted by Gasteiger charge is 2.10. The van der Waals surface area contributed by atoms with Crippen molar-refractivity contribution in [2.45, 2.75) is 20.3 Å². The van der Waals surface area contributed by atoms with Gasteiger partial charge in [-0.05, 0) is 31.5 Å². The van der Waals surface area contributed by atoms with E-state index in [2.05, 4.69) is 17.1 Å². The average Bonchev–Trinajstić information content (AvgIpc) is 2.41. The number of rotatable bonds is 3. The molecule has 4 nitrogen and oxygen atoms in total. The van der Waals surface area contributed by atoms with E-state index < -0.39 is 0 Å². The summed E-state index contributed by atoms with van der Waals surface area (Å²) in [7, 11) is 0. The smallest absolute Gasteiger partial charge is 0.148 e. The van der Waals surface area contributed by atoms with Gasteiger partial charge in [0.25, 0.3) is 0 Å². The lowest BCUT2D eigenvalue weighted by molar-refractivity contribution is 0.479. The fourth-order valence-corrected chi connectivity index (χ4v) is 1.90. The Kier molecular flexibility index (Phi) is 3.98. The van der Waals surface area contributed by atoms with Crippen molar-refractivity contribution in [1.82, 2.24) is 4.98 Å². The second-order valence-electron chi connectivity index (χ2n) is 4.41. The van der Waals surface area contributed by atoms with Crippen LogP contribution < -0.4 is 4.74 Å². The van der Waals surface area contributed by atoms with Crippen molar-refractivity contribution < 1.29 is 4.74 Å². The molecule has 1 aromatic heterocycles. The van der Waals surface area contributed by atoms with E-state index in [4.69, 9.17) is 10.00 Å². The first-order valence-corrected chi connectivity index (χ1v) is 6.16. The van der Waals surface area contributed by atoms with Gasteiger partial charge in [0, 0.05) is 11.8 Å². The SMILES string of the molecule is Cc1cc(Oc2ccc(CC#N)cc2)c(C#N)c(C)n1. The monoisotopic (exact) mass is 263 g/mol. The summed E-state index contributed by atoms with van der Waals surface area (Å²) in [5.74, 6) is 1.14. The van der Waals surface area contributed by atoms with E-state index in [0.717, 1.165) is 11.3 Å². The molecule has 2 rings (SSSR count). The topological polar surface area (TPSA) is 69.7 Å². The van der Waals surface area contributed by atoms with Crippen molar-refractivity contribution >= 4 is 0 Å². The lowest BCUT2D eigenvalue weighted by atomic mass is 10.1. The maximum atomic E-state index is 9.18. The number of aryl methyl sites for hydroxylation is 2. The summed E-state index contributed by atoms with van der Waals surface area (Å²) in [6.45, 7) is 3.64. The van der Waals surface area contributed by atoms with Crippen LogP contribution in [0.25, 0.3) is 0 Å². The Bertz CT molecular complexity index is 706. The maximum Gasteiger partial charge on any atom is 0.148 e. The van der Waals surface area contributed by atoms with Crippen LogP contribution in [-0.2, 0) is 6.42 Å². The summed E-state index contributed by atoms with van der Waals surface area (Å²) in [4.78, 5) is 4.25. The van der Waals surface area contributed by atoms with E-state index in [9.17, 15) is 5.26 Å². The normalized spacial score (nSPS) is 9.60. The first-order chi connectivity index (χ1) is 9.63. The van der Waals surface area contributed by atoms with Crippen LogP contribution in [0, 0.1) is 36.5 Å². The predicted octanol–water partition coefficient (Wildman–Crippen LogP) is 3.43. The Morgan fingerprint density at radius 1 is 1.15 bits per heavy atom. The van der Waals surface area contributed by atoms with Crippen molar-refractivity contribution in [3.8, 4) is 23.6 Å². The van der Waals surface area contributed by atoms with Gasteiger partial charge in [-0.1, -0.05) is 12.1 Å². The second kappa shape index (κ2) is 5.86. The minimum Gasteiger partial charge on any atom is -0.456 e. The molecule has 1 aromatic carbocycles. The average molecular weight is 263 g/mol. The molecule has 0 radical (unpaired) electrons. The molecule has 0 spiro atoms. The van der Waals surface area contributed by atoms with Crippen LogP contribution in [0.4, 0.5) is 0 Å². The number of aromatic nitrogens is 1. The third-order valence-corrected chi connectivity index (χ3v) is 2.84. The molecule has 20 heavy (non-hydrogen) atoms. The Morgan fingerprint density at radius 2 is 1.85 bits per heavy atom. The van der Waals surface area contributed by atoms with Gasteiger partial charge in [-0.25, -0.2) is 0 Å². The van der Waals surface area contributed by atoms with Crippen molar-refractivity contribution in [3.05, 3.63) is 52.8 Å².